The minimum Gasteiger partial charge on any atom is -0.367 e. The fourth-order valence-electron chi connectivity index (χ4n) is 3.07. The van der Waals surface area contributed by atoms with E-state index in [9.17, 15) is 0 Å². The van der Waals surface area contributed by atoms with E-state index in [0.717, 1.165) is 18.8 Å². The van der Waals surface area contributed by atoms with E-state index in [1.54, 1.807) is 0 Å². The Labute approximate surface area is 105 Å². The van der Waals surface area contributed by atoms with Crippen molar-refractivity contribution in [2.45, 2.75) is 51.7 Å². The Hall–Kier alpha value is 0.270. The number of hydrogen-bond acceptors (Lipinski definition) is 3. The highest BCUT2D eigenvalue weighted by Crippen LogP contribution is 2.47. The minimum atomic E-state index is -0.0194. The molecule has 2 rings (SSSR count). The zero-order valence-corrected chi connectivity index (χ0v) is 11.9. The standard InChI is InChI=1S/C13H25NOS/c1-11(2)7-14(8-12(3,4)15-11)9-13(10-16)5-6-13/h16H,5-10H2,1-4H3. The van der Waals surface area contributed by atoms with Crippen LogP contribution in [-0.2, 0) is 4.74 Å². The topological polar surface area (TPSA) is 12.5 Å². The lowest BCUT2D eigenvalue weighted by atomic mass is 9.97. The molecule has 2 fully saturated rings. The number of rotatable bonds is 3. The van der Waals surface area contributed by atoms with Crippen molar-refractivity contribution >= 4 is 12.6 Å². The van der Waals surface area contributed by atoms with Crippen molar-refractivity contribution in [3.63, 3.8) is 0 Å². The van der Waals surface area contributed by atoms with Crippen molar-refractivity contribution in [3.8, 4) is 0 Å². The Balaban J connectivity index is 1.99. The molecule has 0 unspecified atom stereocenters. The average Bonchev–Trinajstić information content (AvgIpc) is 2.79. The third-order valence-corrected chi connectivity index (χ3v) is 4.28. The van der Waals surface area contributed by atoms with Gasteiger partial charge in [-0.05, 0) is 51.7 Å². The van der Waals surface area contributed by atoms with Gasteiger partial charge in [-0.15, -0.1) is 0 Å². The van der Waals surface area contributed by atoms with E-state index in [1.165, 1.54) is 19.4 Å². The van der Waals surface area contributed by atoms with Crippen LogP contribution in [0.3, 0.4) is 0 Å². The highest BCUT2D eigenvalue weighted by Gasteiger charge is 2.46. The molecule has 0 bridgehead atoms. The summed E-state index contributed by atoms with van der Waals surface area (Å²) >= 11 is 4.49. The smallest absolute Gasteiger partial charge is 0.0760 e. The van der Waals surface area contributed by atoms with Crippen LogP contribution in [0.5, 0.6) is 0 Å². The molecule has 0 N–H and O–H groups in total. The van der Waals surface area contributed by atoms with Gasteiger partial charge in [0.15, 0.2) is 0 Å². The molecule has 1 saturated carbocycles. The summed E-state index contributed by atoms with van der Waals surface area (Å²) in [6.45, 7) is 12.1. The van der Waals surface area contributed by atoms with Crippen molar-refractivity contribution in [1.29, 1.82) is 0 Å². The van der Waals surface area contributed by atoms with E-state index in [-0.39, 0.29) is 11.2 Å². The van der Waals surface area contributed by atoms with Gasteiger partial charge in [0.25, 0.3) is 0 Å². The van der Waals surface area contributed by atoms with Crippen molar-refractivity contribution in [2.75, 3.05) is 25.4 Å². The van der Waals surface area contributed by atoms with Crippen LogP contribution in [0.25, 0.3) is 0 Å². The SMILES string of the molecule is CC1(C)CN(CC2(CS)CC2)CC(C)(C)O1. The lowest BCUT2D eigenvalue weighted by molar-refractivity contribution is -0.182. The molecule has 0 atom stereocenters. The molecule has 3 heteroatoms. The summed E-state index contributed by atoms with van der Waals surface area (Å²) in [5.41, 5.74) is 0.482. The van der Waals surface area contributed by atoms with Gasteiger partial charge in [-0.1, -0.05) is 0 Å². The van der Waals surface area contributed by atoms with Crippen LogP contribution >= 0.6 is 12.6 Å². The van der Waals surface area contributed by atoms with Crippen LogP contribution in [0.2, 0.25) is 0 Å². The molecule has 2 aliphatic rings. The Bertz CT molecular complexity index is 255. The predicted octanol–water partition coefficient (Wildman–Crippen LogP) is 2.59. The van der Waals surface area contributed by atoms with Crippen molar-refractivity contribution < 1.29 is 4.74 Å². The highest BCUT2D eigenvalue weighted by atomic mass is 32.1. The number of morpholine rings is 1. The summed E-state index contributed by atoms with van der Waals surface area (Å²) in [5, 5.41) is 0. The molecule has 0 aromatic rings. The van der Waals surface area contributed by atoms with E-state index in [0.29, 0.717) is 5.41 Å². The summed E-state index contributed by atoms with van der Waals surface area (Å²) in [5.74, 6) is 1.03. The predicted molar refractivity (Wildman–Crippen MR) is 71.2 cm³/mol. The number of ether oxygens (including phenoxy) is 1. The molecule has 0 aromatic heterocycles. The Morgan fingerprint density at radius 2 is 1.56 bits per heavy atom. The first-order valence-electron chi connectivity index (χ1n) is 6.29. The molecule has 0 amide bonds. The molecule has 1 saturated heterocycles. The number of nitrogens with zero attached hydrogens (tertiary/aromatic N) is 1. The van der Waals surface area contributed by atoms with Gasteiger partial charge >= 0.3 is 0 Å². The monoisotopic (exact) mass is 243 g/mol. The molecule has 16 heavy (non-hydrogen) atoms. The van der Waals surface area contributed by atoms with E-state index >= 15 is 0 Å². The van der Waals surface area contributed by atoms with E-state index in [2.05, 4.69) is 45.2 Å². The van der Waals surface area contributed by atoms with Crippen molar-refractivity contribution in [3.05, 3.63) is 0 Å². The van der Waals surface area contributed by atoms with Crippen molar-refractivity contribution in [2.24, 2.45) is 5.41 Å². The highest BCUT2D eigenvalue weighted by molar-refractivity contribution is 7.80. The van der Waals surface area contributed by atoms with Gasteiger partial charge < -0.3 is 4.74 Å². The van der Waals surface area contributed by atoms with Gasteiger partial charge in [-0.2, -0.15) is 12.6 Å². The zero-order chi connectivity index (χ0) is 12.0. The summed E-state index contributed by atoms with van der Waals surface area (Å²) in [7, 11) is 0. The summed E-state index contributed by atoms with van der Waals surface area (Å²) in [6, 6.07) is 0. The molecular formula is C13H25NOS. The van der Waals surface area contributed by atoms with Crippen LogP contribution in [0.1, 0.15) is 40.5 Å². The molecular weight excluding hydrogens is 218 g/mol. The molecule has 1 aliphatic carbocycles. The van der Waals surface area contributed by atoms with Crippen LogP contribution < -0.4 is 0 Å². The first-order valence-corrected chi connectivity index (χ1v) is 6.93. The molecule has 2 nitrogen and oxygen atoms in total. The second-order valence-corrected chi connectivity index (χ2v) is 7.24. The maximum absolute atomic E-state index is 6.10. The van der Waals surface area contributed by atoms with Gasteiger partial charge in [0.1, 0.15) is 0 Å². The molecule has 1 heterocycles. The second kappa shape index (κ2) is 3.89. The maximum Gasteiger partial charge on any atom is 0.0760 e. The van der Waals surface area contributed by atoms with Gasteiger partial charge in [-0.25, -0.2) is 0 Å². The number of thiol groups is 1. The quantitative estimate of drug-likeness (QED) is 0.765. The number of hydrogen-bond donors (Lipinski definition) is 1. The Morgan fingerprint density at radius 3 is 1.94 bits per heavy atom. The van der Waals surface area contributed by atoms with Crippen LogP contribution in [0.4, 0.5) is 0 Å². The zero-order valence-electron chi connectivity index (χ0n) is 11.0. The van der Waals surface area contributed by atoms with Crippen LogP contribution in [0.15, 0.2) is 0 Å². The van der Waals surface area contributed by atoms with Crippen molar-refractivity contribution in [1.82, 2.24) is 4.90 Å². The van der Waals surface area contributed by atoms with E-state index in [4.69, 9.17) is 4.74 Å². The van der Waals surface area contributed by atoms with Crippen LogP contribution in [-0.4, -0.2) is 41.5 Å². The lowest BCUT2D eigenvalue weighted by Gasteiger charge is -2.48. The third kappa shape index (κ3) is 2.93. The van der Waals surface area contributed by atoms with Gasteiger partial charge in [0.2, 0.25) is 0 Å². The normalized spacial score (nSPS) is 31.3. The Kier molecular flexibility index (Phi) is 3.09. The fourth-order valence-corrected chi connectivity index (χ4v) is 3.49. The van der Waals surface area contributed by atoms with Gasteiger partial charge in [0, 0.05) is 19.6 Å². The van der Waals surface area contributed by atoms with Gasteiger partial charge in [0.05, 0.1) is 11.2 Å². The first-order chi connectivity index (χ1) is 7.26. The molecule has 0 radical (unpaired) electrons. The molecule has 94 valence electrons. The second-order valence-electron chi connectivity index (χ2n) is 6.92. The molecule has 0 spiro atoms. The van der Waals surface area contributed by atoms with E-state index < -0.39 is 0 Å². The summed E-state index contributed by atoms with van der Waals surface area (Å²) in [4.78, 5) is 2.58. The summed E-state index contributed by atoms with van der Waals surface area (Å²) in [6.07, 6.45) is 2.71. The largest absolute Gasteiger partial charge is 0.367 e. The maximum atomic E-state index is 6.10. The van der Waals surface area contributed by atoms with Crippen LogP contribution in [0, 0.1) is 5.41 Å². The lowest BCUT2D eigenvalue weighted by Crippen LogP contribution is -2.58. The Morgan fingerprint density at radius 1 is 1.06 bits per heavy atom. The molecule has 0 aromatic carbocycles. The molecule has 1 aliphatic heterocycles. The average molecular weight is 243 g/mol. The minimum absolute atomic E-state index is 0.0194. The summed E-state index contributed by atoms with van der Waals surface area (Å²) < 4.78 is 6.10. The first kappa shape index (κ1) is 12.7. The van der Waals surface area contributed by atoms with Gasteiger partial charge in [-0.3, -0.25) is 4.90 Å². The fraction of sp³-hybridized carbons (Fsp3) is 1.00. The van der Waals surface area contributed by atoms with E-state index in [1.807, 2.05) is 0 Å². The third-order valence-electron chi connectivity index (χ3n) is 3.61.